The van der Waals surface area contributed by atoms with E-state index in [9.17, 15) is 0 Å². The molecule has 112 valence electrons. The summed E-state index contributed by atoms with van der Waals surface area (Å²) in [6.45, 7) is 1.41. The number of benzene rings is 1. The number of hydrogen-bond acceptors (Lipinski definition) is 5. The maximum absolute atomic E-state index is 5.81. The van der Waals surface area contributed by atoms with E-state index >= 15 is 0 Å². The fraction of sp³-hybridized carbons (Fsp3) is 0.600. The Balaban J connectivity index is 2.19. The van der Waals surface area contributed by atoms with Gasteiger partial charge >= 0.3 is 0 Å². The number of hydrazine groups is 1. The van der Waals surface area contributed by atoms with Crippen molar-refractivity contribution in [3.63, 3.8) is 0 Å². The smallest absolute Gasteiger partial charge is 0.122 e. The van der Waals surface area contributed by atoms with E-state index in [2.05, 4.69) is 11.5 Å². The van der Waals surface area contributed by atoms with Gasteiger partial charge in [-0.2, -0.15) is 0 Å². The lowest BCUT2D eigenvalue weighted by molar-refractivity contribution is -0.110. The van der Waals surface area contributed by atoms with E-state index in [1.54, 1.807) is 14.2 Å². The number of nitrogens with one attached hydrogen (secondary N) is 1. The van der Waals surface area contributed by atoms with Crippen LogP contribution in [-0.2, 0) is 15.9 Å². The second-order valence-corrected chi connectivity index (χ2v) is 5.12. The molecule has 5 heteroatoms. The van der Waals surface area contributed by atoms with Gasteiger partial charge in [-0.25, -0.2) is 0 Å². The maximum atomic E-state index is 5.81. The summed E-state index contributed by atoms with van der Waals surface area (Å²) in [7, 11) is 3.43. The zero-order chi connectivity index (χ0) is 14.4. The van der Waals surface area contributed by atoms with Gasteiger partial charge in [-0.15, -0.1) is 0 Å². The van der Waals surface area contributed by atoms with E-state index in [4.69, 9.17) is 20.1 Å². The summed E-state index contributed by atoms with van der Waals surface area (Å²) in [5.41, 5.74) is 3.77. The molecule has 0 bridgehead atoms. The molecule has 20 heavy (non-hydrogen) atoms. The standard InChI is InChI=1S/C15H24N2O3/c1-18-13-6-4-3-5-12(13)11-14(17-16)15(19-2)7-9-20-10-8-15/h3-6,14,17H,7-11,16H2,1-2H3. The molecule has 2 rings (SSSR count). The zero-order valence-corrected chi connectivity index (χ0v) is 12.2. The summed E-state index contributed by atoms with van der Waals surface area (Å²) in [6, 6.07) is 8.02. The molecular weight excluding hydrogens is 256 g/mol. The number of nitrogens with two attached hydrogens (primary N) is 1. The molecule has 1 aliphatic rings. The third-order valence-electron chi connectivity index (χ3n) is 4.20. The summed E-state index contributed by atoms with van der Waals surface area (Å²) in [4.78, 5) is 0. The van der Waals surface area contributed by atoms with Crippen LogP contribution in [0, 0.1) is 0 Å². The van der Waals surface area contributed by atoms with E-state index in [-0.39, 0.29) is 11.6 Å². The molecule has 1 unspecified atom stereocenters. The van der Waals surface area contributed by atoms with Gasteiger partial charge in [0.2, 0.25) is 0 Å². The summed E-state index contributed by atoms with van der Waals surface area (Å²) < 4.78 is 16.7. The van der Waals surface area contributed by atoms with Crippen molar-refractivity contribution in [3.8, 4) is 5.75 Å². The Morgan fingerprint density at radius 2 is 2.00 bits per heavy atom. The van der Waals surface area contributed by atoms with Gasteiger partial charge in [0.25, 0.3) is 0 Å². The fourth-order valence-electron chi connectivity index (χ4n) is 2.90. The molecule has 0 spiro atoms. The Kier molecular flexibility index (Phi) is 5.37. The van der Waals surface area contributed by atoms with Gasteiger partial charge in [-0.3, -0.25) is 11.3 Å². The molecule has 1 aromatic carbocycles. The van der Waals surface area contributed by atoms with Crippen LogP contribution in [-0.4, -0.2) is 39.1 Å². The average Bonchev–Trinajstić information content (AvgIpc) is 2.53. The summed E-state index contributed by atoms with van der Waals surface area (Å²) in [6.07, 6.45) is 2.44. The van der Waals surface area contributed by atoms with Crippen LogP contribution < -0.4 is 16.0 Å². The summed E-state index contributed by atoms with van der Waals surface area (Å²) in [5.74, 6) is 6.67. The molecule has 0 radical (unpaired) electrons. The summed E-state index contributed by atoms with van der Waals surface area (Å²) in [5, 5.41) is 0. The van der Waals surface area contributed by atoms with E-state index in [1.165, 1.54) is 0 Å². The normalized spacial score (nSPS) is 19.6. The van der Waals surface area contributed by atoms with Crippen LogP contribution >= 0.6 is 0 Å². The molecule has 1 aliphatic heterocycles. The molecule has 1 aromatic rings. The Morgan fingerprint density at radius 3 is 2.60 bits per heavy atom. The van der Waals surface area contributed by atoms with Crippen molar-refractivity contribution in [2.45, 2.75) is 30.9 Å². The number of hydrogen-bond donors (Lipinski definition) is 2. The minimum absolute atomic E-state index is 0.0210. The molecule has 0 saturated carbocycles. The quantitative estimate of drug-likeness (QED) is 0.607. The first-order chi connectivity index (χ1) is 9.75. The Bertz CT molecular complexity index is 419. The largest absolute Gasteiger partial charge is 0.496 e. The van der Waals surface area contributed by atoms with Crippen LogP contribution in [0.2, 0.25) is 0 Å². The minimum atomic E-state index is -0.284. The molecule has 0 amide bonds. The molecule has 5 nitrogen and oxygen atoms in total. The Hall–Kier alpha value is -1.14. The molecule has 1 saturated heterocycles. The fourth-order valence-corrected chi connectivity index (χ4v) is 2.90. The molecule has 0 aliphatic carbocycles. The van der Waals surface area contributed by atoms with Crippen molar-refractivity contribution in [2.75, 3.05) is 27.4 Å². The third kappa shape index (κ3) is 3.12. The Labute approximate surface area is 120 Å². The highest BCUT2D eigenvalue weighted by molar-refractivity contribution is 5.34. The lowest BCUT2D eigenvalue weighted by Gasteiger charge is -2.42. The van der Waals surface area contributed by atoms with Gasteiger partial charge in [0.15, 0.2) is 0 Å². The van der Waals surface area contributed by atoms with Gasteiger partial charge in [0.1, 0.15) is 5.75 Å². The molecule has 1 fully saturated rings. The number of para-hydroxylation sites is 1. The van der Waals surface area contributed by atoms with Crippen LogP contribution in [0.4, 0.5) is 0 Å². The average molecular weight is 280 g/mol. The van der Waals surface area contributed by atoms with Gasteiger partial charge in [-0.05, 0) is 18.1 Å². The first-order valence-corrected chi connectivity index (χ1v) is 6.96. The Morgan fingerprint density at radius 1 is 1.30 bits per heavy atom. The summed E-state index contributed by atoms with van der Waals surface area (Å²) >= 11 is 0. The van der Waals surface area contributed by atoms with Crippen molar-refractivity contribution in [1.29, 1.82) is 0 Å². The van der Waals surface area contributed by atoms with Crippen LogP contribution in [0.5, 0.6) is 5.75 Å². The minimum Gasteiger partial charge on any atom is -0.496 e. The molecular formula is C15H24N2O3. The van der Waals surface area contributed by atoms with Crippen LogP contribution in [0.25, 0.3) is 0 Å². The van der Waals surface area contributed by atoms with Gasteiger partial charge in [0.05, 0.1) is 18.8 Å². The predicted octanol–water partition coefficient (Wildman–Crippen LogP) is 1.27. The topological polar surface area (TPSA) is 65.7 Å². The highest BCUT2D eigenvalue weighted by Gasteiger charge is 2.40. The van der Waals surface area contributed by atoms with Crippen LogP contribution in [0.3, 0.4) is 0 Å². The van der Waals surface area contributed by atoms with Crippen LogP contribution in [0.15, 0.2) is 24.3 Å². The van der Waals surface area contributed by atoms with Gasteiger partial charge in [-0.1, -0.05) is 18.2 Å². The first-order valence-electron chi connectivity index (χ1n) is 6.96. The van der Waals surface area contributed by atoms with Gasteiger partial charge < -0.3 is 14.2 Å². The highest BCUT2D eigenvalue weighted by atomic mass is 16.5. The van der Waals surface area contributed by atoms with Crippen molar-refractivity contribution >= 4 is 0 Å². The van der Waals surface area contributed by atoms with E-state index < -0.39 is 0 Å². The van der Waals surface area contributed by atoms with Crippen LogP contribution in [0.1, 0.15) is 18.4 Å². The number of ether oxygens (including phenoxy) is 3. The van der Waals surface area contributed by atoms with Crippen molar-refractivity contribution in [1.82, 2.24) is 5.43 Å². The lowest BCUT2D eigenvalue weighted by Crippen LogP contribution is -2.58. The third-order valence-corrected chi connectivity index (χ3v) is 4.20. The van der Waals surface area contributed by atoms with Crippen molar-refractivity contribution in [2.24, 2.45) is 5.84 Å². The van der Waals surface area contributed by atoms with Gasteiger partial charge in [0, 0.05) is 33.2 Å². The van der Waals surface area contributed by atoms with E-state index in [1.807, 2.05) is 18.2 Å². The second-order valence-electron chi connectivity index (χ2n) is 5.12. The van der Waals surface area contributed by atoms with E-state index in [0.29, 0.717) is 13.2 Å². The monoisotopic (exact) mass is 280 g/mol. The molecule has 0 aromatic heterocycles. The second kappa shape index (κ2) is 7.04. The van der Waals surface area contributed by atoms with Crippen molar-refractivity contribution in [3.05, 3.63) is 29.8 Å². The lowest BCUT2D eigenvalue weighted by atomic mass is 9.83. The number of methoxy groups -OCH3 is 2. The molecule has 3 N–H and O–H groups in total. The maximum Gasteiger partial charge on any atom is 0.122 e. The molecule has 1 atom stereocenters. The first kappa shape index (κ1) is 15.3. The van der Waals surface area contributed by atoms with Crippen molar-refractivity contribution < 1.29 is 14.2 Å². The predicted molar refractivity (Wildman–Crippen MR) is 77.6 cm³/mol. The SMILES string of the molecule is COc1ccccc1CC(NN)C1(OC)CCOCC1. The zero-order valence-electron chi connectivity index (χ0n) is 12.2. The van der Waals surface area contributed by atoms with E-state index in [0.717, 1.165) is 30.6 Å². The number of rotatable bonds is 6. The molecule has 1 heterocycles. The highest BCUT2D eigenvalue weighted by Crippen LogP contribution is 2.31.